The van der Waals surface area contributed by atoms with Gasteiger partial charge in [0.2, 0.25) is 0 Å². The smallest absolute Gasteiger partial charge is 0.273 e. The average molecular weight is 349 g/mol. The summed E-state index contributed by atoms with van der Waals surface area (Å²) in [6.45, 7) is 0. The van der Waals surface area contributed by atoms with Gasteiger partial charge >= 0.3 is 0 Å². The monoisotopic (exact) mass is 348 g/mol. The third kappa shape index (κ3) is 3.49. The lowest BCUT2D eigenvalue weighted by Gasteiger charge is -2.10. The maximum Gasteiger partial charge on any atom is 0.273 e. The lowest BCUT2D eigenvalue weighted by atomic mass is 10.2. The minimum absolute atomic E-state index is 0.0915. The minimum Gasteiger partial charge on any atom is -0.493 e. The third-order valence-electron chi connectivity index (χ3n) is 2.59. The molecule has 0 unspecified atom stereocenters. The molecule has 0 saturated carbocycles. The van der Waals surface area contributed by atoms with Crippen molar-refractivity contribution in [3.63, 3.8) is 0 Å². The second kappa shape index (κ2) is 6.24. The lowest BCUT2D eigenvalue weighted by Crippen LogP contribution is -1.94. The fourth-order valence-corrected chi connectivity index (χ4v) is 2.14. The van der Waals surface area contributed by atoms with Crippen LogP contribution in [0.2, 0.25) is 0 Å². The maximum atomic E-state index is 10.7. The van der Waals surface area contributed by atoms with Gasteiger partial charge in [-0.15, -0.1) is 0 Å². The summed E-state index contributed by atoms with van der Waals surface area (Å²) in [7, 11) is 1.40. The van der Waals surface area contributed by atoms with Crippen molar-refractivity contribution in [1.29, 1.82) is 5.26 Å². The first-order valence-electron chi connectivity index (χ1n) is 5.74. The Morgan fingerprint density at radius 1 is 1.24 bits per heavy atom. The first-order valence-corrected chi connectivity index (χ1v) is 6.54. The number of benzene rings is 2. The van der Waals surface area contributed by atoms with Crippen LogP contribution < -0.4 is 9.47 Å². The van der Waals surface area contributed by atoms with Crippen LogP contribution in [0.15, 0.2) is 40.9 Å². The molecule has 0 aliphatic heterocycles. The second-order valence-corrected chi connectivity index (χ2v) is 4.90. The standard InChI is InChI=1S/C14H9BrN2O4/c1-20-14-7-11(17(18)19)2-3-13(14)21-12-5-9(8-16)4-10(15)6-12/h2-7H,1H3. The van der Waals surface area contributed by atoms with E-state index in [4.69, 9.17) is 14.7 Å². The van der Waals surface area contributed by atoms with Crippen LogP contribution in [0, 0.1) is 21.4 Å². The molecule has 0 atom stereocenters. The quantitative estimate of drug-likeness (QED) is 0.614. The number of nitro benzene ring substituents is 1. The molecule has 0 amide bonds. The Balaban J connectivity index is 2.37. The van der Waals surface area contributed by atoms with Gasteiger partial charge in [-0.2, -0.15) is 5.26 Å². The van der Waals surface area contributed by atoms with E-state index in [1.165, 1.54) is 25.3 Å². The van der Waals surface area contributed by atoms with Gasteiger partial charge in [0.1, 0.15) is 5.75 Å². The van der Waals surface area contributed by atoms with Gasteiger partial charge in [0, 0.05) is 10.5 Å². The molecule has 2 aromatic carbocycles. The number of hydrogen-bond donors (Lipinski definition) is 0. The van der Waals surface area contributed by atoms with E-state index in [0.717, 1.165) is 0 Å². The Morgan fingerprint density at radius 3 is 2.62 bits per heavy atom. The summed E-state index contributed by atoms with van der Waals surface area (Å²) in [6, 6.07) is 11.0. The Hall–Kier alpha value is -2.59. The summed E-state index contributed by atoms with van der Waals surface area (Å²) in [5, 5.41) is 19.7. The summed E-state index contributed by atoms with van der Waals surface area (Å²) >= 11 is 3.28. The van der Waals surface area contributed by atoms with E-state index >= 15 is 0 Å². The number of halogens is 1. The van der Waals surface area contributed by atoms with E-state index < -0.39 is 4.92 Å². The molecule has 106 valence electrons. The number of rotatable bonds is 4. The highest BCUT2D eigenvalue weighted by Crippen LogP contribution is 2.35. The van der Waals surface area contributed by atoms with Crippen LogP contribution in [0.3, 0.4) is 0 Å². The van der Waals surface area contributed by atoms with Gasteiger partial charge < -0.3 is 9.47 Å². The van der Waals surface area contributed by atoms with Gasteiger partial charge in [0.05, 0.1) is 29.7 Å². The predicted octanol–water partition coefficient (Wildman–Crippen LogP) is 4.03. The van der Waals surface area contributed by atoms with Crippen LogP contribution in [-0.4, -0.2) is 12.0 Å². The molecule has 2 aromatic rings. The van der Waals surface area contributed by atoms with Gasteiger partial charge in [-0.25, -0.2) is 0 Å². The molecule has 0 bridgehead atoms. The van der Waals surface area contributed by atoms with E-state index in [9.17, 15) is 10.1 Å². The minimum atomic E-state index is -0.515. The number of nitro groups is 1. The van der Waals surface area contributed by atoms with Gasteiger partial charge in [0.15, 0.2) is 11.5 Å². The van der Waals surface area contributed by atoms with E-state index in [-0.39, 0.29) is 11.4 Å². The van der Waals surface area contributed by atoms with E-state index in [0.29, 0.717) is 21.5 Å². The number of non-ortho nitro benzene ring substituents is 1. The van der Waals surface area contributed by atoms with Crippen molar-refractivity contribution in [3.8, 4) is 23.3 Å². The normalized spacial score (nSPS) is 9.76. The molecule has 0 aromatic heterocycles. The molecule has 0 aliphatic carbocycles. The zero-order valence-corrected chi connectivity index (χ0v) is 12.5. The average Bonchev–Trinajstić information content (AvgIpc) is 2.46. The number of nitriles is 1. The number of hydrogen-bond acceptors (Lipinski definition) is 5. The summed E-state index contributed by atoms with van der Waals surface area (Å²) in [5.74, 6) is 0.987. The predicted molar refractivity (Wildman–Crippen MR) is 78.6 cm³/mol. The molecular formula is C14H9BrN2O4. The second-order valence-electron chi connectivity index (χ2n) is 3.98. The van der Waals surface area contributed by atoms with Crippen molar-refractivity contribution < 1.29 is 14.4 Å². The highest BCUT2D eigenvalue weighted by molar-refractivity contribution is 9.10. The molecule has 0 N–H and O–H groups in total. The third-order valence-corrected chi connectivity index (χ3v) is 3.04. The largest absolute Gasteiger partial charge is 0.493 e. The van der Waals surface area contributed by atoms with Crippen molar-refractivity contribution >= 4 is 21.6 Å². The summed E-state index contributed by atoms with van der Waals surface area (Å²) in [5.41, 5.74) is 0.339. The van der Waals surface area contributed by atoms with Gasteiger partial charge in [-0.1, -0.05) is 15.9 Å². The molecular weight excluding hydrogens is 340 g/mol. The van der Waals surface area contributed by atoms with E-state index in [1.807, 2.05) is 6.07 Å². The SMILES string of the molecule is COc1cc([N+](=O)[O-])ccc1Oc1cc(Br)cc(C#N)c1. The highest BCUT2D eigenvalue weighted by atomic mass is 79.9. The zero-order valence-electron chi connectivity index (χ0n) is 10.9. The van der Waals surface area contributed by atoms with Crippen molar-refractivity contribution in [3.05, 3.63) is 56.5 Å². The number of methoxy groups -OCH3 is 1. The Bertz CT molecular complexity index is 740. The van der Waals surface area contributed by atoms with Crippen LogP contribution in [-0.2, 0) is 0 Å². The number of ether oxygens (including phenoxy) is 2. The molecule has 6 nitrogen and oxygen atoms in total. The topological polar surface area (TPSA) is 85.4 Å². The molecule has 2 rings (SSSR count). The molecule has 7 heteroatoms. The van der Waals surface area contributed by atoms with E-state index in [1.54, 1.807) is 18.2 Å². The molecule has 0 heterocycles. The molecule has 0 radical (unpaired) electrons. The highest BCUT2D eigenvalue weighted by Gasteiger charge is 2.13. The van der Waals surface area contributed by atoms with Crippen LogP contribution in [0.5, 0.6) is 17.2 Å². The summed E-state index contributed by atoms with van der Waals surface area (Å²) in [6.07, 6.45) is 0. The first-order chi connectivity index (χ1) is 10.0. The lowest BCUT2D eigenvalue weighted by molar-refractivity contribution is -0.384. The van der Waals surface area contributed by atoms with Gasteiger partial charge in [-0.05, 0) is 24.3 Å². The fraction of sp³-hybridized carbons (Fsp3) is 0.0714. The van der Waals surface area contributed by atoms with Crippen molar-refractivity contribution in [2.75, 3.05) is 7.11 Å². The first kappa shape index (κ1) is 14.8. The van der Waals surface area contributed by atoms with Crippen LogP contribution in [0.4, 0.5) is 5.69 Å². The Labute approximate surface area is 128 Å². The molecule has 0 aliphatic rings. The maximum absolute atomic E-state index is 10.7. The number of nitrogens with zero attached hydrogens (tertiary/aromatic N) is 2. The summed E-state index contributed by atoms with van der Waals surface area (Å²) in [4.78, 5) is 10.2. The van der Waals surface area contributed by atoms with E-state index in [2.05, 4.69) is 15.9 Å². The van der Waals surface area contributed by atoms with Gasteiger partial charge in [0.25, 0.3) is 5.69 Å². The molecule has 0 saturated heterocycles. The van der Waals surface area contributed by atoms with Crippen molar-refractivity contribution in [1.82, 2.24) is 0 Å². The van der Waals surface area contributed by atoms with Crippen LogP contribution in [0.1, 0.15) is 5.56 Å². The molecule has 0 fully saturated rings. The molecule has 21 heavy (non-hydrogen) atoms. The fourth-order valence-electron chi connectivity index (χ4n) is 1.67. The Kier molecular flexibility index (Phi) is 4.40. The zero-order chi connectivity index (χ0) is 15.4. The van der Waals surface area contributed by atoms with Crippen LogP contribution in [0.25, 0.3) is 0 Å². The van der Waals surface area contributed by atoms with Crippen LogP contribution >= 0.6 is 15.9 Å². The van der Waals surface area contributed by atoms with Crippen molar-refractivity contribution in [2.24, 2.45) is 0 Å². The van der Waals surface area contributed by atoms with Crippen molar-refractivity contribution in [2.45, 2.75) is 0 Å². The summed E-state index contributed by atoms with van der Waals surface area (Å²) < 4.78 is 11.4. The molecule has 0 spiro atoms. The Morgan fingerprint density at radius 2 is 2.00 bits per heavy atom. The van der Waals surface area contributed by atoms with Gasteiger partial charge in [-0.3, -0.25) is 10.1 Å².